The van der Waals surface area contributed by atoms with Gasteiger partial charge in [-0.2, -0.15) is 31.1 Å². The Hall–Kier alpha value is -1.68. The van der Waals surface area contributed by atoms with E-state index in [1.165, 1.54) is 0 Å². The maximum Gasteiger partial charge on any atom is 0.416 e. The molecule has 0 heterocycles. The Balaban J connectivity index is 3.11. The summed E-state index contributed by atoms with van der Waals surface area (Å²) in [6, 6.07) is 4.13. The summed E-state index contributed by atoms with van der Waals surface area (Å²) in [5.41, 5.74) is -1.13. The van der Waals surface area contributed by atoms with Gasteiger partial charge in [-0.1, -0.05) is 0 Å². The Morgan fingerprint density at radius 2 is 2.12 bits per heavy atom. The third-order valence-electron chi connectivity index (χ3n) is 1.89. The second-order valence-electron chi connectivity index (χ2n) is 3.08. The molecule has 0 spiro atoms. The SMILES string of the molecule is N#Cc1cc(C(F)(F)F)ccc1NC(=O)CS. The molecule has 0 saturated heterocycles. The highest BCUT2D eigenvalue weighted by Gasteiger charge is 2.31. The minimum atomic E-state index is -4.52. The molecule has 0 fully saturated rings. The molecule has 0 saturated carbocycles. The summed E-state index contributed by atoms with van der Waals surface area (Å²) >= 11 is 3.70. The van der Waals surface area contributed by atoms with Crippen molar-refractivity contribution >= 4 is 24.2 Å². The number of thiol groups is 1. The molecule has 0 atom stereocenters. The second kappa shape index (κ2) is 5.10. The molecule has 0 aliphatic heterocycles. The number of alkyl halides is 3. The largest absolute Gasteiger partial charge is 0.416 e. The molecule has 1 aromatic carbocycles. The number of nitriles is 1. The fourth-order valence-electron chi connectivity index (χ4n) is 1.11. The van der Waals surface area contributed by atoms with Crippen LogP contribution in [0.15, 0.2) is 18.2 Å². The third kappa shape index (κ3) is 3.39. The van der Waals surface area contributed by atoms with Gasteiger partial charge < -0.3 is 5.32 Å². The van der Waals surface area contributed by atoms with Gasteiger partial charge in [0.25, 0.3) is 0 Å². The highest BCUT2D eigenvalue weighted by atomic mass is 32.1. The van der Waals surface area contributed by atoms with Gasteiger partial charge in [0.1, 0.15) is 6.07 Å². The average Bonchev–Trinajstić information content (AvgIpc) is 2.27. The fourth-order valence-corrected chi connectivity index (χ4v) is 1.19. The Morgan fingerprint density at radius 3 is 2.59 bits per heavy atom. The van der Waals surface area contributed by atoms with Gasteiger partial charge >= 0.3 is 6.18 Å². The maximum absolute atomic E-state index is 12.4. The average molecular weight is 260 g/mol. The molecular formula is C10H7F3N2OS. The van der Waals surface area contributed by atoms with Crippen LogP contribution in [0.1, 0.15) is 11.1 Å². The van der Waals surface area contributed by atoms with E-state index in [2.05, 4.69) is 17.9 Å². The van der Waals surface area contributed by atoms with Crippen LogP contribution in [0.25, 0.3) is 0 Å². The fraction of sp³-hybridized carbons (Fsp3) is 0.200. The van der Waals surface area contributed by atoms with Crippen molar-refractivity contribution in [3.63, 3.8) is 0 Å². The smallest absolute Gasteiger partial charge is 0.324 e. The van der Waals surface area contributed by atoms with E-state index >= 15 is 0 Å². The summed E-state index contributed by atoms with van der Waals surface area (Å²) in [7, 11) is 0. The first kappa shape index (κ1) is 13.4. The van der Waals surface area contributed by atoms with Gasteiger partial charge in [0.15, 0.2) is 0 Å². The van der Waals surface area contributed by atoms with E-state index in [1.807, 2.05) is 0 Å². The summed E-state index contributed by atoms with van der Waals surface area (Å²) in [5, 5.41) is 11.0. The van der Waals surface area contributed by atoms with Crippen LogP contribution in [0.5, 0.6) is 0 Å². The molecule has 1 aromatic rings. The number of rotatable bonds is 2. The van der Waals surface area contributed by atoms with Gasteiger partial charge in [-0.25, -0.2) is 0 Å². The lowest BCUT2D eigenvalue weighted by Crippen LogP contribution is -2.14. The lowest BCUT2D eigenvalue weighted by Gasteiger charge is -2.10. The van der Waals surface area contributed by atoms with E-state index in [0.717, 1.165) is 12.1 Å². The Morgan fingerprint density at radius 1 is 1.47 bits per heavy atom. The van der Waals surface area contributed by atoms with E-state index in [9.17, 15) is 18.0 Å². The number of nitrogens with one attached hydrogen (secondary N) is 1. The number of nitrogens with zero attached hydrogens (tertiary/aromatic N) is 1. The number of carbonyl (C=O) groups excluding carboxylic acids is 1. The normalized spacial score (nSPS) is 10.8. The van der Waals surface area contributed by atoms with Crippen LogP contribution in [-0.4, -0.2) is 11.7 Å². The molecule has 0 unspecified atom stereocenters. The van der Waals surface area contributed by atoms with Crippen molar-refractivity contribution in [2.24, 2.45) is 0 Å². The van der Waals surface area contributed by atoms with E-state index in [1.54, 1.807) is 6.07 Å². The minimum absolute atomic E-state index is 0.0413. The predicted octanol–water partition coefficient (Wildman–Crippen LogP) is 2.45. The molecule has 7 heteroatoms. The zero-order chi connectivity index (χ0) is 13.1. The van der Waals surface area contributed by atoms with Crippen molar-refractivity contribution < 1.29 is 18.0 Å². The van der Waals surface area contributed by atoms with Crippen LogP contribution in [0.2, 0.25) is 0 Å². The molecule has 0 radical (unpaired) electrons. The summed E-state index contributed by atoms with van der Waals surface area (Å²) in [6.45, 7) is 0. The summed E-state index contributed by atoms with van der Waals surface area (Å²) in [4.78, 5) is 11.0. The molecule has 3 nitrogen and oxygen atoms in total. The maximum atomic E-state index is 12.4. The number of hydrogen-bond donors (Lipinski definition) is 2. The summed E-state index contributed by atoms with van der Waals surface area (Å²) < 4.78 is 37.1. The zero-order valence-corrected chi connectivity index (χ0v) is 9.27. The Bertz CT molecular complexity index is 479. The predicted molar refractivity (Wildman–Crippen MR) is 58.6 cm³/mol. The molecule has 1 rings (SSSR count). The topological polar surface area (TPSA) is 52.9 Å². The zero-order valence-electron chi connectivity index (χ0n) is 8.38. The molecule has 0 bridgehead atoms. The molecule has 0 aromatic heterocycles. The monoisotopic (exact) mass is 260 g/mol. The van der Waals surface area contributed by atoms with Gasteiger partial charge in [-0.15, -0.1) is 0 Å². The number of amides is 1. The van der Waals surface area contributed by atoms with Crippen molar-refractivity contribution in [3.8, 4) is 6.07 Å². The van der Waals surface area contributed by atoms with Crippen molar-refractivity contribution in [1.82, 2.24) is 0 Å². The van der Waals surface area contributed by atoms with Crippen LogP contribution in [-0.2, 0) is 11.0 Å². The molecular weight excluding hydrogens is 253 g/mol. The third-order valence-corrected chi connectivity index (χ3v) is 2.17. The quantitative estimate of drug-likeness (QED) is 0.802. The van der Waals surface area contributed by atoms with Crippen LogP contribution in [0.3, 0.4) is 0 Å². The Kier molecular flexibility index (Phi) is 4.02. The molecule has 90 valence electrons. The van der Waals surface area contributed by atoms with E-state index in [-0.39, 0.29) is 17.0 Å². The van der Waals surface area contributed by atoms with Gasteiger partial charge in [0.2, 0.25) is 5.91 Å². The van der Waals surface area contributed by atoms with Gasteiger partial charge in [-0.3, -0.25) is 4.79 Å². The van der Waals surface area contributed by atoms with Crippen molar-refractivity contribution in [1.29, 1.82) is 5.26 Å². The molecule has 1 N–H and O–H groups in total. The van der Waals surface area contributed by atoms with E-state index < -0.39 is 17.6 Å². The highest BCUT2D eigenvalue weighted by molar-refractivity contribution is 7.81. The van der Waals surface area contributed by atoms with Crippen molar-refractivity contribution in [2.75, 3.05) is 11.1 Å². The first-order valence-electron chi connectivity index (χ1n) is 4.40. The Labute approximate surface area is 101 Å². The van der Waals surface area contributed by atoms with Gasteiger partial charge in [-0.05, 0) is 18.2 Å². The van der Waals surface area contributed by atoms with E-state index in [4.69, 9.17) is 5.26 Å². The highest BCUT2D eigenvalue weighted by Crippen LogP contribution is 2.31. The molecule has 1 amide bonds. The van der Waals surface area contributed by atoms with Crippen molar-refractivity contribution in [2.45, 2.75) is 6.18 Å². The summed E-state index contributed by atoms with van der Waals surface area (Å²) in [6.07, 6.45) is -4.52. The molecule has 0 aliphatic carbocycles. The second-order valence-corrected chi connectivity index (χ2v) is 3.39. The minimum Gasteiger partial charge on any atom is -0.324 e. The lowest BCUT2D eigenvalue weighted by molar-refractivity contribution is -0.137. The number of carbonyl (C=O) groups is 1. The van der Waals surface area contributed by atoms with Crippen molar-refractivity contribution in [3.05, 3.63) is 29.3 Å². The van der Waals surface area contributed by atoms with Crippen LogP contribution < -0.4 is 5.32 Å². The van der Waals surface area contributed by atoms with Crippen LogP contribution in [0.4, 0.5) is 18.9 Å². The molecule has 0 aliphatic rings. The number of halogens is 3. The van der Waals surface area contributed by atoms with Crippen LogP contribution in [0, 0.1) is 11.3 Å². The molecule has 17 heavy (non-hydrogen) atoms. The summed E-state index contributed by atoms with van der Waals surface area (Å²) in [5.74, 6) is -0.615. The first-order valence-corrected chi connectivity index (χ1v) is 5.03. The standard InChI is InChI=1S/C10H7F3N2OS/c11-10(12,13)7-1-2-8(6(3-7)4-14)15-9(16)5-17/h1-3,17H,5H2,(H,15,16). The number of benzene rings is 1. The van der Waals surface area contributed by atoms with E-state index in [0.29, 0.717) is 6.07 Å². The number of hydrogen-bond acceptors (Lipinski definition) is 3. The number of anilines is 1. The lowest BCUT2D eigenvalue weighted by atomic mass is 10.1. The van der Waals surface area contributed by atoms with Gasteiger partial charge in [0.05, 0.1) is 22.6 Å². The first-order chi connectivity index (χ1) is 7.88. The van der Waals surface area contributed by atoms with Crippen LogP contribution >= 0.6 is 12.6 Å². The van der Waals surface area contributed by atoms with Gasteiger partial charge in [0, 0.05) is 0 Å².